The van der Waals surface area contributed by atoms with Gasteiger partial charge in [-0.25, -0.2) is 4.98 Å². The van der Waals surface area contributed by atoms with Crippen molar-refractivity contribution in [1.29, 1.82) is 0 Å². The average Bonchev–Trinajstić information content (AvgIpc) is 2.86. The molecule has 1 saturated heterocycles. The Morgan fingerprint density at radius 3 is 3.00 bits per heavy atom. The third-order valence-electron chi connectivity index (χ3n) is 2.97. The Bertz CT molecular complexity index is 545. The van der Waals surface area contributed by atoms with Crippen LogP contribution in [0.4, 0.5) is 0 Å². The summed E-state index contributed by atoms with van der Waals surface area (Å²) >= 11 is 1.91. The Hall–Kier alpha value is -1.49. The lowest BCUT2D eigenvalue weighted by atomic mass is 10.1. The van der Waals surface area contributed by atoms with E-state index in [2.05, 4.69) is 9.97 Å². The molecule has 0 atom stereocenters. The molecule has 1 amide bonds. The van der Waals surface area contributed by atoms with Crippen molar-refractivity contribution >= 4 is 28.7 Å². The molecule has 3 rings (SSSR count). The van der Waals surface area contributed by atoms with Crippen molar-refractivity contribution in [3.8, 4) is 0 Å². The first-order valence-electron chi connectivity index (χ1n) is 5.65. The van der Waals surface area contributed by atoms with Crippen LogP contribution in [0.15, 0.2) is 24.5 Å². The lowest BCUT2D eigenvalue weighted by molar-refractivity contribution is 0.0772. The highest BCUT2D eigenvalue weighted by Crippen LogP contribution is 2.16. The molecular formula is C12H13N3OS. The maximum Gasteiger partial charge on any atom is 0.253 e. The molecule has 2 aromatic rings. The molecule has 1 fully saturated rings. The Labute approximate surface area is 103 Å². The van der Waals surface area contributed by atoms with E-state index in [1.807, 2.05) is 34.9 Å². The van der Waals surface area contributed by atoms with Gasteiger partial charge in [-0.1, -0.05) is 0 Å². The van der Waals surface area contributed by atoms with Crippen LogP contribution in [0.3, 0.4) is 0 Å². The molecule has 2 heterocycles. The van der Waals surface area contributed by atoms with Crippen LogP contribution in [0, 0.1) is 0 Å². The summed E-state index contributed by atoms with van der Waals surface area (Å²) < 4.78 is 0. The van der Waals surface area contributed by atoms with E-state index in [1.54, 1.807) is 6.33 Å². The molecule has 1 aromatic carbocycles. The zero-order valence-corrected chi connectivity index (χ0v) is 10.2. The second kappa shape index (κ2) is 4.41. The van der Waals surface area contributed by atoms with Gasteiger partial charge in [0, 0.05) is 30.2 Å². The summed E-state index contributed by atoms with van der Waals surface area (Å²) in [5, 5.41) is 0. The molecule has 0 bridgehead atoms. The summed E-state index contributed by atoms with van der Waals surface area (Å²) in [7, 11) is 0. The molecule has 1 aromatic heterocycles. The molecule has 5 heteroatoms. The second-order valence-corrected chi connectivity index (χ2v) is 5.26. The molecule has 0 saturated carbocycles. The summed E-state index contributed by atoms with van der Waals surface area (Å²) in [5.41, 5.74) is 2.56. The van der Waals surface area contributed by atoms with Crippen molar-refractivity contribution in [2.45, 2.75) is 0 Å². The number of benzene rings is 1. The number of aromatic amines is 1. The molecule has 88 valence electrons. The van der Waals surface area contributed by atoms with Crippen molar-refractivity contribution in [1.82, 2.24) is 14.9 Å². The molecule has 1 N–H and O–H groups in total. The Morgan fingerprint density at radius 1 is 1.35 bits per heavy atom. The van der Waals surface area contributed by atoms with Gasteiger partial charge in [0.25, 0.3) is 5.91 Å². The number of nitrogens with zero attached hydrogens (tertiary/aromatic N) is 2. The maximum atomic E-state index is 12.2. The highest BCUT2D eigenvalue weighted by atomic mass is 32.2. The molecule has 0 radical (unpaired) electrons. The van der Waals surface area contributed by atoms with Crippen molar-refractivity contribution in [2.24, 2.45) is 0 Å². The van der Waals surface area contributed by atoms with Gasteiger partial charge in [-0.15, -0.1) is 0 Å². The Kier molecular flexibility index (Phi) is 2.76. The van der Waals surface area contributed by atoms with Crippen LogP contribution in [0.5, 0.6) is 0 Å². The lowest BCUT2D eigenvalue weighted by Crippen LogP contribution is -2.37. The number of rotatable bonds is 1. The van der Waals surface area contributed by atoms with Gasteiger partial charge in [0.15, 0.2) is 0 Å². The predicted octanol–water partition coefficient (Wildman–Crippen LogP) is 1.75. The third kappa shape index (κ3) is 2.02. The molecule has 1 aliphatic heterocycles. The van der Waals surface area contributed by atoms with Crippen molar-refractivity contribution in [3.05, 3.63) is 30.1 Å². The van der Waals surface area contributed by atoms with Gasteiger partial charge < -0.3 is 9.88 Å². The van der Waals surface area contributed by atoms with Crippen molar-refractivity contribution in [2.75, 3.05) is 24.6 Å². The number of hydrogen-bond acceptors (Lipinski definition) is 3. The number of carbonyl (C=O) groups is 1. The first kappa shape index (κ1) is 10.7. The van der Waals surface area contributed by atoms with Crippen molar-refractivity contribution < 1.29 is 4.79 Å². The Morgan fingerprint density at radius 2 is 2.18 bits per heavy atom. The molecule has 0 spiro atoms. The van der Waals surface area contributed by atoms with E-state index in [0.717, 1.165) is 41.2 Å². The molecule has 0 unspecified atom stereocenters. The fourth-order valence-corrected chi connectivity index (χ4v) is 2.92. The number of hydrogen-bond donors (Lipinski definition) is 1. The number of imidazole rings is 1. The predicted molar refractivity (Wildman–Crippen MR) is 69.3 cm³/mol. The average molecular weight is 247 g/mol. The van der Waals surface area contributed by atoms with E-state index in [9.17, 15) is 4.79 Å². The molecule has 17 heavy (non-hydrogen) atoms. The van der Waals surface area contributed by atoms with Crippen LogP contribution in [0.1, 0.15) is 10.4 Å². The summed E-state index contributed by atoms with van der Waals surface area (Å²) in [5.74, 6) is 2.21. The van der Waals surface area contributed by atoms with E-state index in [0.29, 0.717) is 0 Å². The normalized spacial score (nSPS) is 16.4. The maximum absolute atomic E-state index is 12.2. The number of thioether (sulfide) groups is 1. The number of carbonyl (C=O) groups excluding carboxylic acids is 1. The first-order valence-corrected chi connectivity index (χ1v) is 6.80. The van der Waals surface area contributed by atoms with E-state index in [-0.39, 0.29) is 5.91 Å². The highest BCUT2D eigenvalue weighted by Gasteiger charge is 2.18. The summed E-state index contributed by atoms with van der Waals surface area (Å²) in [6.45, 7) is 1.70. The van der Waals surface area contributed by atoms with Crippen LogP contribution < -0.4 is 0 Å². The number of fused-ring (bicyclic) bond motifs is 1. The molecule has 4 nitrogen and oxygen atoms in total. The minimum absolute atomic E-state index is 0.127. The van der Waals surface area contributed by atoms with Gasteiger partial charge in [0.1, 0.15) is 0 Å². The number of H-pyrrole nitrogens is 1. The van der Waals surface area contributed by atoms with E-state index < -0.39 is 0 Å². The largest absolute Gasteiger partial charge is 0.345 e. The standard InChI is InChI=1S/C12H13N3OS/c16-12(15-3-5-17-6-4-15)9-1-2-10-11(7-9)14-8-13-10/h1-2,7-8H,3-6H2,(H,13,14). The van der Waals surface area contributed by atoms with Crippen LogP contribution in [-0.4, -0.2) is 45.4 Å². The number of amides is 1. The minimum Gasteiger partial charge on any atom is -0.345 e. The van der Waals surface area contributed by atoms with Crippen molar-refractivity contribution in [3.63, 3.8) is 0 Å². The van der Waals surface area contributed by atoms with Crippen LogP contribution in [0.2, 0.25) is 0 Å². The smallest absolute Gasteiger partial charge is 0.253 e. The quantitative estimate of drug-likeness (QED) is 0.835. The Balaban J connectivity index is 1.88. The van der Waals surface area contributed by atoms with E-state index in [1.165, 1.54) is 0 Å². The first-order chi connectivity index (χ1) is 8.34. The summed E-state index contributed by atoms with van der Waals surface area (Å²) in [6, 6.07) is 5.62. The fraction of sp³-hybridized carbons (Fsp3) is 0.333. The monoisotopic (exact) mass is 247 g/mol. The number of aromatic nitrogens is 2. The molecule has 0 aliphatic carbocycles. The molecule has 1 aliphatic rings. The van der Waals surface area contributed by atoms with Crippen LogP contribution >= 0.6 is 11.8 Å². The van der Waals surface area contributed by atoms with E-state index in [4.69, 9.17) is 0 Å². The highest BCUT2D eigenvalue weighted by molar-refractivity contribution is 7.99. The van der Waals surface area contributed by atoms with Gasteiger partial charge >= 0.3 is 0 Å². The lowest BCUT2D eigenvalue weighted by Gasteiger charge is -2.26. The van der Waals surface area contributed by atoms with Gasteiger partial charge in [0.2, 0.25) is 0 Å². The second-order valence-electron chi connectivity index (χ2n) is 4.04. The van der Waals surface area contributed by atoms with Gasteiger partial charge in [0.05, 0.1) is 17.4 Å². The van der Waals surface area contributed by atoms with Gasteiger partial charge in [-0.05, 0) is 18.2 Å². The van der Waals surface area contributed by atoms with Gasteiger partial charge in [-0.2, -0.15) is 11.8 Å². The van der Waals surface area contributed by atoms with Crippen LogP contribution in [0.25, 0.3) is 11.0 Å². The topological polar surface area (TPSA) is 49.0 Å². The summed E-state index contributed by atoms with van der Waals surface area (Å²) in [6.07, 6.45) is 1.65. The number of nitrogens with one attached hydrogen (secondary N) is 1. The third-order valence-corrected chi connectivity index (χ3v) is 3.91. The summed E-state index contributed by atoms with van der Waals surface area (Å²) in [4.78, 5) is 21.4. The SMILES string of the molecule is O=C(c1ccc2nc[nH]c2c1)N1CCSCC1. The zero-order chi connectivity index (χ0) is 11.7. The molecular weight excluding hydrogens is 234 g/mol. The van der Waals surface area contributed by atoms with E-state index >= 15 is 0 Å². The van der Waals surface area contributed by atoms with Gasteiger partial charge in [-0.3, -0.25) is 4.79 Å². The minimum atomic E-state index is 0.127. The zero-order valence-electron chi connectivity index (χ0n) is 9.35. The fourth-order valence-electron chi connectivity index (χ4n) is 2.02. The van der Waals surface area contributed by atoms with Crippen LogP contribution in [-0.2, 0) is 0 Å².